The van der Waals surface area contributed by atoms with Gasteiger partial charge >= 0.3 is 0 Å². The van der Waals surface area contributed by atoms with E-state index in [9.17, 15) is 8.78 Å². The molecule has 5 nitrogen and oxygen atoms in total. The van der Waals surface area contributed by atoms with Gasteiger partial charge < -0.3 is 10.0 Å². The molecule has 0 fully saturated rings. The molecule has 1 heterocycles. The zero-order valence-electron chi connectivity index (χ0n) is 9.19. The highest BCUT2D eigenvalue weighted by atomic mass is 19.3. The summed E-state index contributed by atoms with van der Waals surface area (Å²) in [5, 5.41) is 16.3. The van der Waals surface area contributed by atoms with E-state index >= 15 is 0 Å². The first-order valence-electron chi connectivity index (χ1n) is 4.86. The van der Waals surface area contributed by atoms with Gasteiger partial charge in [0.25, 0.3) is 6.43 Å². The first kappa shape index (κ1) is 12.7. The SMILES string of the molecule is Cc1nnc(N(CCO)CC(F)F)nc1C. The van der Waals surface area contributed by atoms with Crippen molar-refractivity contribution in [2.75, 3.05) is 24.6 Å². The lowest BCUT2D eigenvalue weighted by molar-refractivity contribution is 0.152. The van der Waals surface area contributed by atoms with Crippen molar-refractivity contribution in [3.05, 3.63) is 11.4 Å². The Bertz CT molecular complexity index is 348. The molecule has 0 saturated heterocycles. The first-order chi connectivity index (χ1) is 7.54. The van der Waals surface area contributed by atoms with Gasteiger partial charge in [0.15, 0.2) is 0 Å². The number of hydrogen-bond acceptors (Lipinski definition) is 5. The largest absolute Gasteiger partial charge is 0.395 e. The third kappa shape index (κ3) is 3.34. The average molecular weight is 232 g/mol. The van der Waals surface area contributed by atoms with Gasteiger partial charge in [0, 0.05) is 6.54 Å². The van der Waals surface area contributed by atoms with Gasteiger partial charge in [-0.15, -0.1) is 5.10 Å². The van der Waals surface area contributed by atoms with Crippen LogP contribution in [-0.4, -0.2) is 46.4 Å². The molecule has 0 amide bonds. The number of anilines is 1. The van der Waals surface area contributed by atoms with Crippen molar-refractivity contribution in [2.24, 2.45) is 0 Å². The third-order valence-corrected chi connectivity index (χ3v) is 2.09. The van der Waals surface area contributed by atoms with E-state index in [1.165, 1.54) is 4.90 Å². The molecule has 0 saturated carbocycles. The Morgan fingerprint density at radius 3 is 2.44 bits per heavy atom. The van der Waals surface area contributed by atoms with Crippen LogP contribution in [0.5, 0.6) is 0 Å². The van der Waals surface area contributed by atoms with Crippen LogP contribution < -0.4 is 4.90 Å². The summed E-state index contributed by atoms with van der Waals surface area (Å²) in [6.07, 6.45) is -2.50. The van der Waals surface area contributed by atoms with Crippen molar-refractivity contribution in [3.63, 3.8) is 0 Å². The maximum Gasteiger partial charge on any atom is 0.255 e. The highest BCUT2D eigenvalue weighted by Gasteiger charge is 2.15. The molecule has 1 N–H and O–H groups in total. The number of nitrogens with zero attached hydrogens (tertiary/aromatic N) is 4. The van der Waals surface area contributed by atoms with Gasteiger partial charge in [0.05, 0.1) is 24.5 Å². The van der Waals surface area contributed by atoms with Gasteiger partial charge in [-0.1, -0.05) is 0 Å². The van der Waals surface area contributed by atoms with Crippen LogP contribution >= 0.6 is 0 Å². The summed E-state index contributed by atoms with van der Waals surface area (Å²) in [5.41, 5.74) is 1.30. The molecule has 1 rings (SSSR count). The van der Waals surface area contributed by atoms with Crippen LogP contribution in [0, 0.1) is 13.8 Å². The van der Waals surface area contributed by atoms with Gasteiger partial charge in [-0.05, 0) is 13.8 Å². The number of halogens is 2. The van der Waals surface area contributed by atoms with Gasteiger partial charge in [-0.2, -0.15) is 5.10 Å². The van der Waals surface area contributed by atoms with Crippen LogP contribution in [0.25, 0.3) is 0 Å². The summed E-state index contributed by atoms with van der Waals surface area (Å²) in [6, 6.07) is 0. The minimum absolute atomic E-state index is 0.0640. The smallest absolute Gasteiger partial charge is 0.255 e. The molecule has 0 aliphatic carbocycles. The normalized spacial score (nSPS) is 10.9. The average Bonchev–Trinajstić information content (AvgIpc) is 2.21. The van der Waals surface area contributed by atoms with Gasteiger partial charge in [0.2, 0.25) is 5.95 Å². The summed E-state index contributed by atoms with van der Waals surface area (Å²) in [4.78, 5) is 5.26. The number of alkyl halides is 2. The quantitative estimate of drug-likeness (QED) is 0.803. The van der Waals surface area contributed by atoms with Gasteiger partial charge in [-0.3, -0.25) is 0 Å². The van der Waals surface area contributed by atoms with Crippen molar-refractivity contribution >= 4 is 5.95 Å². The Morgan fingerprint density at radius 1 is 1.25 bits per heavy atom. The summed E-state index contributed by atoms with van der Waals surface area (Å²) in [6.45, 7) is 2.79. The molecule has 0 atom stereocenters. The van der Waals surface area contributed by atoms with Crippen LogP contribution in [0.2, 0.25) is 0 Å². The van der Waals surface area contributed by atoms with Crippen molar-refractivity contribution in [3.8, 4) is 0 Å². The Labute approximate surface area is 92.1 Å². The molecule has 0 spiro atoms. The second kappa shape index (κ2) is 5.64. The summed E-state index contributed by atoms with van der Waals surface area (Å²) in [5.74, 6) is 0.123. The van der Waals surface area contributed by atoms with Crippen molar-refractivity contribution < 1.29 is 13.9 Å². The maximum atomic E-state index is 12.3. The monoisotopic (exact) mass is 232 g/mol. The van der Waals surface area contributed by atoms with Crippen LogP contribution in [0.3, 0.4) is 0 Å². The molecule has 0 unspecified atom stereocenters. The molecule has 1 aromatic rings. The lowest BCUT2D eigenvalue weighted by Crippen LogP contribution is -2.33. The number of aryl methyl sites for hydroxylation is 2. The van der Waals surface area contributed by atoms with E-state index in [4.69, 9.17) is 5.11 Å². The van der Waals surface area contributed by atoms with Crippen LogP contribution in [0.4, 0.5) is 14.7 Å². The Balaban J connectivity index is 2.87. The number of rotatable bonds is 5. The summed E-state index contributed by atoms with van der Waals surface area (Å²) >= 11 is 0. The lowest BCUT2D eigenvalue weighted by atomic mass is 10.4. The van der Waals surface area contributed by atoms with Gasteiger partial charge in [0.1, 0.15) is 0 Å². The first-order valence-corrected chi connectivity index (χ1v) is 4.86. The van der Waals surface area contributed by atoms with E-state index < -0.39 is 13.0 Å². The van der Waals surface area contributed by atoms with Gasteiger partial charge in [-0.25, -0.2) is 13.8 Å². The zero-order valence-corrected chi connectivity index (χ0v) is 9.19. The second-order valence-electron chi connectivity index (χ2n) is 3.34. The van der Waals surface area contributed by atoms with E-state index in [0.717, 1.165) is 0 Å². The molecule has 7 heteroatoms. The summed E-state index contributed by atoms with van der Waals surface area (Å²) in [7, 11) is 0. The fraction of sp³-hybridized carbons (Fsp3) is 0.667. The minimum atomic E-state index is -2.50. The predicted molar refractivity (Wildman–Crippen MR) is 54.6 cm³/mol. The highest BCUT2D eigenvalue weighted by Crippen LogP contribution is 2.10. The molecule has 16 heavy (non-hydrogen) atoms. The van der Waals surface area contributed by atoms with E-state index in [0.29, 0.717) is 11.4 Å². The van der Waals surface area contributed by atoms with Crippen LogP contribution in [0.1, 0.15) is 11.4 Å². The summed E-state index contributed by atoms with van der Waals surface area (Å²) < 4.78 is 24.5. The minimum Gasteiger partial charge on any atom is -0.395 e. The third-order valence-electron chi connectivity index (χ3n) is 2.09. The molecule has 0 radical (unpaired) electrons. The molecule has 0 aliphatic rings. The predicted octanol–water partition coefficient (Wildman–Crippen LogP) is 0.552. The zero-order chi connectivity index (χ0) is 12.1. The van der Waals surface area contributed by atoms with Crippen LogP contribution in [-0.2, 0) is 0 Å². The Hall–Kier alpha value is -1.37. The Kier molecular flexibility index (Phi) is 4.48. The molecule has 90 valence electrons. The van der Waals surface area contributed by atoms with Crippen LogP contribution in [0.15, 0.2) is 0 Å². The lowest BCUT2D eigenvalue weighted by Gasteiger charge is -2.20. The molecule has 1 aromatic heterocycles. The second-order valence-corrected chi connectivity index (χ2v) is 3.34. The number of aromatic nitrogens is 3. The number of hydrogen-bond donors (Lipinski definition) is 1. The molecule has 0 bridgehead atoms. The van der Waals surface area contributed by atoms with E-state index in [1.54, 1.807) is 13.8 Å². The fourth-order valence-electron chi connectivity index (χ4n) is 1.14. The van der Waals surface area contributed by atoms with Crippen molar-refractivity contribution in [1.29, 1.82) is 0 Å². The standard InChI is InChI=1S/C9H14F2N4O/c1-6-7(2)13-14-9(12-6)15(3-4-16)5-8(10)11/h8,16H,3-5H2,1-2H3. The topological polar surface area (TPSA) is 62.1 Å². The number of aliphatic hydroxyl groups is 1. The van der Waals surface area contributed by atoms with Crippen molar-refractivity contribution in [1.82, 2.24) is 15.2 Å². The fourth-order valence-corrected chi connectivity index (χ4v) is 1.14. The van der Waals surface area contributed by atoms with E-state index in [-0.39, 0.29) is 19.1 Å². The maximum absolute atomic E-state index is 12.3. The molecule has 0 aliphatic heterocycles. The molecular formula is C9H14F2N4O. The van der Waals surface area contributed by atoms with E-state index in [2.05, 4.69) is 15.2 Å². The molecule has 0 aromatic carbocycles. The Morgan fingerprint density at radius 2 is 1.94 bits per heavy atom. The molecular weight excluding hydrogens is 218 g/mol. The highest BCUT2D eigenvalue weighted by molar-refractivity contribution is 5.29. The number of aliphatic hydroxyl groups excluding tert-OH is 1. The van der Waals surface area contributed by atoms with Crippen molar-refractivity contribution in [2.45, 2.75) is 20.3 Å². The van der Waals surface area contributed by atoms with E-state index in [1.807, 2.05) is 0 Å².